The normalized spacial score (nSPS) is 29.9. The number of aliphatic hydroxyl groups is 1. The fourth-order valence-electron chi connectivity index (χ4n) is 4.61. The number of fused-ring (bicyclic) bond motifs is 1. The molecule has 0 bridgehead atoms. The molecule has 1 aliphatic heterocycles. The molecule has 1 N–H and O–H groups in total. The first-order chi connectivity index (χ1) is 11.6. The number of benzene rings is 1. The number of hydrogen-bond donors (Lipinski definition) is 1. The Morgan fingerprint density at radius 3 is 2.88 bits per heavy atom. The number of rotatable bonds is 4. The molecular weight excluding hydrogens is 302 g/mol. The Kier molecular flexibility index (Phi) is 5.14. The van der Waals surface area contributed by atoms with E-state index in [1.54, 1.807) is 7.11 Å². The molecule has 0 radical (unpaired) electrons. The van der Waals surface area contributed by atoms with E-state index >= 15 is 0 Å². The quantitative estimate of drug-likeness (QED) is 0.915. The van der Waals surface area contributed by atoms with Crippen LogP contribution >= 0.6 is 0 Å². The molecular formula is C20H29NO3. The highest BCUT2D eigenvalue weighted by molar-refractivity contribution is 5.77. The van der Waals surface area contributed by atoms with Crippen molar-refractivity contribution in [3.8, 4) is 5.75 Å². The van der Waals surface area contributed by atoms with Crippen LogP contribution in [-0.4, -0.2) is 35.2 Å². The molecule has 4 heteroatoms. The molecule has 1 heterocycles. The molecule has 1 amide bonds. The molecule has 1 saturated carbocycles. The lowest BCUT2D eigenvalue weighted by Crippen LogP contribution is -2.56. The number of hydrogen-bond acceptors (Lipinski definition) is 3. The predicted octanol–water partition coefficient (Wildman–Crippen LogP) is 3.69. The van der Waals surface area contributed by atoms with E-state index in [9.17, 15) is 9.90 Å². The minimum atomic E-state index is -0.646. The number of likely N-dealkylation sites (tertiary alicyclic amines) is 1. The number of ether oxygens (including phenoxy) is 1. The maximum atomic E-state index is 12.8. The number of methoxy groups -OCH3 is 1. The van der Waals surface area contributed by atoms with Crippen LogP contribution in [0, 0.1) is 5.92 Å². The first-order valence-corrected chi connectivity index (χ1v) is 9.25. The van der Waals surface area contributed by atoms with E-state index in [1.807, 2.05) is 30.0 Å². The Morgan fingerprint density at radius 1 is 1.33 bits per heavy atom. The second-order valence-electron chi connectivity index (χ2n) is 7.23. The standard InChI is InChI=1S/C20H29NO3/c1-3-8-18(22)21-14-13-20(23)12-7-6-10-16(20)19(21)15-9-4-5-11-17(15)24-2/h4-5,9,11,16,19,23H,3,6-8,10,12-14H2,1-2H3/t16?,19-,20?/m0/s1. The second kappa shape index (κ2) is 7.14. The first-order valence-electron chi connectivity index (χ1n) is 9.25. The van der Waals surface area contributed by atoms with Crippen molar-refractivity contribution >= 4 is 5.91 Å². The second-order valence-corrected chi connectivity index (χ2v) is 7.23. The fourth-order valence-corrected chi connectivity index (χ4v) is 4.61. The summed E-state index contributed by atoms with van der Waals surface area (Å²) in [4.78, 5) is 14.8. The average Bonchev–Trinajstić information content (AvgIpc) is 2.60. The van der Waals surface area contributed by atoms with Gasteiger partial charge in [-0.1, -0.05) is 38.0 Å². The number of carbonyl (C=O) groups is 1. The van der Waals surface area contributed by atoms with E-state index in [4.69, 9.17) is 4.74 Å². The van der Waals surface area contributed by atoms with Crippen molar-refractivity contribution < 1.29 is 14.6 Å². The lowest BCUT2D eigenvalue weighted by molar-refractivity contribution is -0.155. The Bertz CT molecular complexity index is 588. The summed E-state index contributed by atoms with van der Waals surface area (Å²) in [6.07, 6.45) is 6.12. The summed E-state index contributed by atoms with van der Waals surface area (Å²) in [5, 5.41) is 11.2. The monoisotopic (exact) mass is 331 g/mol. The van der Waals surface area contributed by atoms with Crippen molar-refractivity contribution in [1.29, 1.82) is 0 Å². The summed E-state index contributed by atoms with van der Waals surface area (Å²) < 4.78 is 5.58. The summed E-state index contributed by atoms with van der Waals surface area (Å²) in [6, 6.07) is 7.87. The zero-order valence-electron chi connectivity index (χ0n) is 14.8. The smallest absolute Gasteiger partial charge is 0.223 e. The van der Waals surface area contributed by atoms with Gasteiger partial charge in [-0.15, -0.1) is 0 Å². The lowest BCUT2D eigenvalue weighted by Gasteiger charge is -2.52. The Morgan fingerprint density at radius 2 is 2.12 bits per heavy atom. The fraction of sp³-hybridized carbons (Fsp3) is 0.650. The number of piperidine rings is 1. The van der Waals surface area contributed by atoms with Gasteiger partial charge < -0.3 is 14.7 Å². The van der Waals surface area contributed by atoms with E-state index in [1.165, 1.54) is 0 Å². The number of para-hydroxylation sites is 1. The molecule has 1 aromatic carbocycles. The summed E-state index contributed by atoms with van der Waals surface area (Å²) in [5.74, 6) is 1.10. The Labute approximate surface area is 144 Å². The van der Waals surface area contributed by atoms with Crippen molar-refractivity contribution in [2.24, 2.45) is 5.92 Å². The molecule has 0 spiro atoms. The van der Waals surface area contributed by atoms with Crippen LogP contribution < -0.4 is 4.74 Å². The van der Waals surface area contributed by atoms with E-state index in [0.717, 1.165) is 43.4 Å². The summed E-state index contributed by atoms with van der Waals surface area (Å²) >= 11 is 0. The zero-order chi connectivity index (χ0) is 17.2. The van der Waals surface area contributed by atoms with E-state index < -0.39 is 5.60 Å². The van der Waals surface area contributed by atoms with Gasteiger partial charge in [0.15, 0.2) is 0 Å². The Hall–Kier alpha value is -1.55. The van der Waals surface area contributed by atoms with Crippen LogP contribution in [0.15, 0.2) is 24.3 Å². The van der Waals surface area contributed by atoms with Crippen molar-refractivity contribution in [2.45, 2.75) is 63.5 Å². The minimum absolute atomic E-state index is 0.0840. The summed E-state index contributed by atoms with van der Waals surface area (Å²) in [5.41, 5.74) is 0.390. The SMILES string of the molecule is CCCC(=O)N1CCC2(O)CCCCC2[C@@H]1c1ccccc1OC. The molecule has 2 unspecified atom stereocenters. The lowest BCUT2D eigenvalue weighted by atomic mass is 9.66. The van der Waals surface area contributed by atoms with Gasteiger partial charge >= 0.3 is 0 Å². The van der Waals surface area contributed by atoms with Crippen molar-refractivity contribution in [1.82, 2.24) is 4.90 Å². The number of nitrogens with zero attached hydrogens (tertiary/aromatic N) is 1. The molecule has 2 fully saturated rings. The van der Waals surface area contributed by atoms with Crippen LogP contribution in [0.2, 0.25) is 0 Å². The van der Waals surface area contributed by atoms with Gasteiger partial charge in [0.05, 0.1) is 18.8 Å². The molecule has 2 aliphatic rings. The van der Waals surface area contributed by atoms with Crippen molar-refractivity contribution in [3.63, 3.8) is 0 Å². The van der Waals surface area contributed by atoms with Gasteiger partial charge in [-0.2, -0.15) is 0 Å². The molecule has 1 aromatic rings. The molecule has 1 saturated heterocycles. The van der Waals surface area contributed by atoms with Crippen LogP contribution in [0.25, 0.3) is 0 Å². The van der Waals surface area contributed by atoms with Crippen LogP contribution in [0.4, 0.5) is 0 Å². The van der Waals surface area contributed by atoms with Crippen molar-refractivity contribution in [3.05, 3.63) is 29.8 Å². The first kappa shape index (κ1) is 17.3. The van der Waals surface area contributed by atoms with Gasteiger partial charge in [0, 0.05) is 24.4 Å². The van der Waals surface area contributed by atoms with Gasteiger partial charge in [-0.05, 0) is 31.7 Å². The zero-order valence-corrected chi connectivity index (χ0v) is 14.8. The maximum absolute atomic E-state index is 12.8. The number of amides is 1. The molecule has 3 rings (SSSR count). The Balaban J connectivity index is 2.03. The highest BCUT2D eigenvalue weighted by Gasteiger charge is 2.50. The third-order valence-corrected chi connectivity index (χ3v) is 5.81. The largest absolute Gasteiger partial charge is 0.496 e. The van der Waals surface area contributed by atoms with Gasteiger partial charge in [0.25, 0.3) is 0 Å². The summed E-state index contributed by atoms with van der Waals surface area (Å²) in [6.45, 7) is 2.67. The van der Waals surface area contributed by atoms with Gasteiger partial charge in [0.2, 0.25) is 5.91 Å². The number of carbonyl (C=O) groups excluding carboxylic acids is 1. The highest BCUT2D eigenvalue weighted by atomic mass is 16.5. The van der Waals surface area contributed by atoms with E-state index in [-0.39, 0.29) is 17.9 Å². The molecule has 24 heavy (non-hydrogen) atoms. The van der Waals surface area contributed by atoms with E-state index in [0.29, 0.717) is 19.4 Å². The minimum Gasteiger partial charge on any atom is -0.496 e. The maximum Gasteiger partial charge on any atom is 0.223 e. The molecule has 0 aromatic heterocycles. The van der Waals surface area contributed by atoms with Gasteiger partial charge in [-0.25, -0.2) is 0 Å². The van der Waals surface area contributed by atoms with Crippen molar-refractivity contribution in [2.75, 3.05) is 13.7 Å². The van der Waals surface area contributed by atoms with Gasteiger partial charge in [0.1, 0.15) is 5.75 Å². The summed E-state index contributed by atoms with van der Waals surface area (Å²) in [7, 11) is 1.67. The predicted molar refractivity (Wildman–Crippen MR) is 93.9 cm³/mol. The molecule has 3 atom stereocenters. The van der Waals surface area contributed by atoms with Crippen LogP contribution in [0.3, 0.4) is 0 Å². The van der Waals surface area contributed by atoms with Crippen LogP contribution in [0.5, 0.6) is 5.75 Å². The molecule has 1 aliphatic carbocycles. The van der Waals surface area contributed by atoms with Gasteiger partial charge in [-0.3, -0.25) is 4.79 Å². The average molecular weight is 331 g/mol. The molecule has 132 valence electrons. The third kappa shape index (κ3) is 3.04. The van der Waals surface area contributed by atoms with E-state index in [2.05, 4.69) is 6.07 Å². The topological polar surface area (TPSA) is 49.8 Å². The molecule has 4 nitrogen and oxygen atoms in total. The van der Waals surface area contributed by atoms with Crippen LogP contribution in [-0.2, 0) is 4.79 Å². The highest BCUT2D eigenvalue weighted by Crippen LogP contribution is 2.50. The third-order valence-electron chi connectivity index (χ3n) is 5.81. The van der Waals surface area contributed by atoms with Crippen LogP contribution in [0.1, 0.15) is 63.5 Å².